The van der Waals surface area contributed by atoms with Crippen molar-refractivity contribution in [3.63, 3.8) is 0 Å². The molecule has 0 bridgehead atoms. The van der Waals surface area contributed by atoms with Crippen LogP contribution in [-0.2, 0) is 10.8 Å². The lowest BCUT2D eigenvalue weighted by Gasteiger charge is -2.28. The van der Waals surface area contributed by atoms with E-state index >= 15 is 0 Å². The van der Waals surface area contributed by atoms with Crippen LogP contribution in [0.1, 0.15) is 64.1 Å². The van der Waals surface area contributed by atoms with E-state index in [2.05, 4.69) is 126 Å². The molecule has 0 unspecified atom stereocenters. The smallest absolute Gasteiger partial charge is 0.0497 e. The summed E-state index contributed by atoms with van der Waals surface area (Å²) >= 11 is 0. The molecule has 0 spiro atoms. The van der Waals surface area contributed by atoms with Crippen molar-refractivity contribution in [1.82, 2.24) is 4.98 Å². The molecule has 3 aromatic rings. The third kappa shape index (κ3) is 4.87. The zero-order chi connectivity index (χ0) is 21.4. The second kappa shape index (κ2) is 7.67. The largest absolute Gasteiger partial charge is 0.310 e. The fraction of sp³-hybridized carbons (Fsp3) is 0.370. The summed E-state index contributed by atoms with van der Waals surface area (Å²) in [5.41, 5.74) is 8.48. The average molecular weight is 387 g/mol. The second-order valence-electron chi connectivity index (χ2n) is 10.0. The van der Waals surface area contributed by atoms with Crippen LogP contribution in [-0.4, -0.2) is 4.98 Å². The lowest BCUT2D eigenvalue weighted by Crippen LogP contribution is -2.14. The molecule has 0 aliphatic rings. The number of aryl methyl sites for hydroxylation is 2. The van der Waals surface area contributed by atoms with Gasteiger partial charge in [-0.05, 0) is 72.2 Å². The van der Waals surface area contributed by atoms with Crippen LogP contribution in [0.25, 0.3) is 0 Å². The van der Waals surface area contributed by atoms with Crippen molar-refractivity contribution in [1.29, 1.82) is 0 Å². The Morgan fingerprint density at radius 3 is 1.21 bits per heavy atom. The monoisotopic (exact) mass is 386 g/mol. The highest BCUT2D eigenvalue weighted by molar-refractivity contribution is 5.77. The predicted molar refractivity (Wildman–Crippen MR) is 126 cm³/mol. The molecule has 152 valence electrons. The maximum absolute atomic E-state index is 4.57. The fourth-order valence-electron chi connectivity index (χ4n) is 3.61. The van der Waals surface area contributed by atoms with Crippen molar-refractivity contribution in [3.8, 4) is 0 Å². The maximum atomic E-state index is 4.57. The van der Waals surface area contributed by atoms with Gasteiger partial charge in [0.15, 0.2) is 0 Å². The highest BCUT2D eigenvalue weighted by Gasteiger charge is 2.18. The number of hydrogen-bond donors (Lipinski definition) is 0. The Labute approximate surface area is 176 Å². The minimum atomic E-state index is 0.140. The van der Waals surface area contributed by atoms with E-state index in [1.807, 2.05) is 0 Å². The van der Waals surface area contributed by atoms with Crippen molar-refractivity contribution in [2.45, 2.75) is 66.2 Å². The first-order valence-corrected chi connectivity index (χ1v) is 10.4. The van der Waals surface area contributed by atoms with E-state index < -0.39 is 0 Å². The molecule has 2 nitrogen and oxygen atoms in total. The Kier molecular flexibility index (Phi) is 5.58. The van der Waals surface area contributed by atoms with Gasteiger partial charge < -0.3 is 4.90 Å². The van der Waals surface area contributed by atoms with E-state index in [9.17, 15) is 0 Å². The standard InChI is InChI=1S/C27H34N2/c1-19-17-25(18-20(2)28-19)29(23-13-9-21(10-14-23)26(3,4)5)24-15-11-22(12-16-24)27(6,7)8/h9-18H,1-8H3. The maximum Gasteiger partial charge on any atom is 0.0497 e. The molecule has 0 N–H and O–H groups in total. The zero-order valence-corrected chi connectivity index (χ0v) is 19.2. The van der Waals surface area contributed by atoms with E-state index in [0.717, 1.165) is 28.5 Å². The Balaban J connectivity index is 2.12. The highest BCUT2D eigenvalue weighted by atomic mass is 15.1. The van der Waals surface area contributed by atoms with Gasteiger partial charge in [-0.15, -0.1) is 0 Å². The number of anilines is 3. The number of rotatable bonds is 3. The molecule has 2 aromatic carbocycles. The highest BCUT2D eigenvalue weighted by Crippen LogP contribution is 2.37. The van der Waals surface area contributed by atoms with Crippen molar-refractivity contribution in [2.75, 3.05) is 4.90 Å². The first kappa shape index (κ1) is 21.1. The lowest BCUT2D eigenvalue weighted by atomic mass is 9.86. The molecule has 1 heterocycles. The molecule has 29 heavy (non-hydrogen) atoms. The molecule has 0 saturated heterocycles. The molecule has 3 rings (SSSR count). The Morgan fingerprint density at radius 2 is 0.897 bits per heavy atom. The second-order valence-corrected chi connectivity index (χ2v) is 10.0. The number of pyridine rings is 1. The van der Waals surface area contributed by atoms with Crippen molar-refractivity contribution in [3.05, 3.63) is 83.2 Å². The third-order valence-corrected chi connectivity index (χ3v) is 5.31. The summed E-state index contributed by atoms with van der Waals surface area (Å²) in [6.45, 7) is 17.6. The molecule has 0 amide bonds. The van der Waals surface area contributed by atoms with Crippen LogP contribution >= 0.6 is 0 Å². The van der Waals surface area contributed by atoms with Crippen molar-refractivity contribution >= 4 is 17.1 Å². The summed E-state index contributed by atoms with van der Waals surface area (Å²) in [4.78, 5) is 6.89. The first-order valence-electron chi connectivity index (χ1n) is 10.4. The average Bonchev–Trinajstić information content (AvgIpc) is 2.60. The van der Waals surface area contributed by atoms with E-state index in [1.165, 1.54) is 11.1 Å². The van der Waals surface area contributed by atoms with E-state index in [-0.39, 0.29) is 10.8 Å². The summed E-state index contributed by atoms with van der Waals surface area (Å²) < 4.78 is 0. The van der Waals surface area contributed by atoms with Gasteiger partial charge in [0, 0.05) is 28.5 Å². The molecule has 0 fully saturated rings. The van der Waals surface area contributed by atoms with Crippen LogP contribution in [0.4, 0.5) is 17.1 Å². The minimum Gasteiger partial charge on any atom is -0.310 e. The van der Waals surface area contributed by atoms with Gasteiger partial charge in [0.2, 0.25) is 0 Å². The summed E-state index contributed by atoms with van der Waals surface area (Å²) in [7, 11) is 0. The molecule has 0 atom stereocenters. The zero-order valence-electron chi connectivity index (χ0n) is 19.2. The summed E-state index contributed by atoms with van der Waals surface area (Å²) in [5, 5.41) is 0. The Hall–Kier alpha value is -2.61. The van der Waals surface area contributed by atoms with Crippen LogP contribution in [0.2, 0.25) is 0 Å². The summed E-state index contributed by atoms with van der Waals surface area (Å²) in [6, 6.07) is 22.2. The molecule has 0 saturated carbocycles. The van der Waals surface area contributed by atoms with E-state index in [4.69, 9.17) is 0 Å². The molecular formula is C27H34N2. The van der Waals surface area contributed by atoms with Crippen LogP contribution in [0.5, 0.6) is 0 Å². The number of hydrogen-bond acceptors (Lipinski definition) is 2. The molecule has 0 aliphatic carbocycles. The van der Waals surface area contributed by atoms with Crippen molar-refractivity contribution < 1.29 is 0 Å². The van der Waals surface area contributed by atoms with E-state index in [1.54, 1.807) is 0 Å². The van der Waals surface area contributed by atoms with Gasteiger partial charge in [-0.2, -0.15) is 0 Å². The van der Waals surface area contributed by atoms with E-state index in [0.29, 0.717) is 0 Å². The molecular weight excluding hydrogens is 352 g/mol. The Morgan fingerprint density at radius 1 is 0.552 bits per heavy atom. The summed E-state index contributed by atoms with van der Waals surface area (Å²) in [5.74, 6) is 0. The van der Waals surface area contributed by atoms with Crippen LogP contribution in [0, 0.1) is 13.8 Å². The van der Waals surface area contributed by atoms with Crippen LogP contribution in [0.15, 0.2) is 60.7 Å². The fourth-order valence-corrected chi connectivity index (χ4v) is 3.61. The minimum absolute atomic E-state index is 0.140. The van der Waals surface area contributed by atoms with Gasteiger partial charge in [-0.1, -0.05) is 65.8 Å². The van der Waals surface area contributed by atoms with Crippen LogP contribution in [0.3, 0.4) is 0 Å². The summed E-state index contributed by atoms with van der Waals surface area (Å²) in [6.07, 6.45) is 0. The first-order chi connectivity index (χ1) is 13.4. The van der Waals surface area contributed by atoms with Crippen molar-refractivity contribution in [2.24, 2.45) is 0 Å². The SMILES string of the molecule is Cc1cc(N(c2ccc(C(C)(C)C)cc2)c2ccc(C(C)(C)C)cc2)cc(C)n1. The lowest BCUT2D eigenvalue weighted by molar-refractivity contribution is 0.590. The predicted octanol–water partition coefficient (Wildman–Crippen LogP) is 7.76. The van der Waals surface area contributed by atoms with Gasteiger partial charge in [-0.3, -0.25) is 4.98 Å². The van der Waals surface area contributed by atoms with Gasteiger partial charge in [0.05, 0.1) is 0 Å². The quantitative estimate of drug-likeness (QED) is 0.457. The van der Waals surface area contributed by atoms with Gasteiger partial charge >= 0.3 is 0 Å². The normalized spacial score (nSPS) is 12.1. The van der Waals surface area contributed by atoms with Gasteiger partial charge in [-0.25, -0.2) is 0 Å². The Bertz CT molecular complexity index is 891. The molecule has 1 aromatic heterocycles. The number of nitrogens with zero attached hydrogens (tertiary/aromatic N) is 2. The van der Waals surface area contributed by atoms with Crippen LogP contribution < -0.4 is 4.90 Å². The number of benzene rings is 2. The topological polar surface area (TPSA) is 16.1 Å². The van der Waals surface area contributed by atoms with Gasteiger partial charge in [0.1, 0.15) is 0 Å². The molecule has 2 heteroatoms. The third-order valence-electron chi connectivity index (χ3n) is 5.31. The van der Waals surface area contributed by atoms with Gasteiger partial charge in [0.25, 0.3) is 0 Å². The molecule has 0 aliphatic heterocycles. The number of aromatic nitrogens is 1. The molecule has 0 radical (unpaired) electrons.